The number of nitrogens with one attached hydrogen (secondary N) is 2. The minimum atomic E-state index is -0.397. The maximum atomic E-state index is 12.1. The smallest absolute Gasteiger partial charge is 0.273 e. The molecule has 1 fully saturated rings. The van der Waals surface area contributed by atoms with Crippen molar-refractivity contribution >= 4 is 22.7 Å². The monoisotopic (exact) mass is 325 g/mol. The summed E-state index contributed by atoms with van der Waals surface area (Å²) in [6.45, 7) is 0. The fraction of sp³-hybridized carbons (Fsp3) is 0.421. The summed E-state index contributed by atoms with van der Waals surface area (Å²) in [6.07, 6.45) is 7.66. The van der Waals surface area contributed by atoms with Crippen LogP contribution in [0.3, 0.4) is 0 Å². The third kappa shape index (κ3) is 4.31. The molecule has 1 heterocycles. The highest BCUT2D eigenvalue weighted by Crippen LogP contribution is 2.27. The van der Waals surface area contributed by atoms with Crippen molar-refractivity contribution in [2.45, 2.75) is 44.9 Å². The van der Waals surface area contributed by atoms with E-state index in [4.69, 9.17) is 0 Å². The van der Waals surface area contributed by atoms with Crippen LogP contribution in [-0.4, -0.2) is 16.8 Å². The number of fused-ring (bicyclic) bond motifs is 1. The average molecular weight is 325 g/mol. The molecule has 1 aliphatic rings. The molecule has 0 atom stereocenters. The van der Waals surface area contributed by atoms with E-state index in [0.717, 1.165) is 17.3 Å². The summed E-state index contributed by atoms with van der Waals surface area (Å²) in [6, 6.07) is 11.1. The van der Waals surface area contributed by atoms with Gasteiger partial charge in [0.2, 0.25) is 5.91 Å². The normalized spacial score (nSPS) is 15.2. The van der Waals surface area contributed by atoms with Gasteiger partial charge in [-0.2, -0.15) is 0 Å². The first-order valence-electron chi connectivity index (χ1n) is 8.67. The summed E-state index contributed by atoms with van der Waals surface area (Å²) in [7, 11) is 0. The summed E-state index contributed by atoms with van der Waals surface area (Å²) >= 11 is 0. The van der Waals surface area contributed by atoms with Gasteiger partial charge in [0.15, 0.2) is 0 Å². The largest absolute Gasteiger partial charge is 0.288 e. The van der Waals surface area contributed by atoms with Crippen molar-refractivity contribution in [2.75, 3.05) is 0 Å². The van der Waals surface area contributed by atoms with Gasteiger partial charge in [0.1, 0.15) is 5.69 Å². The van der Waals surface area contributed by atoms with E-state index in [9.17, 15) is 9.59 Å². The standard InChI is InChI=1S/C19H23N3O2/c23-18(13-10-14-6-2-1-3-7-14)21-22-19(24)17-12-11-15-8-4-5-9-16(15)20-17/h4-5,8-9,11-12,14H,1-3,6-7,10,13H2,(H,21,23)(H,22,24). The van der Waals surface area contributed by atoms with E-state index in [2.05, 4.69) is 15.8 Å². The molecule has 0 radical (unpaired) electrons. The third-order valence-corrected chi connectivity index (χ3v) is 4.65. The number of carbonyl (C=O) groups is 2. The van der Waals surface area contributed by atoms with Crippen LogP contribution in [0.4, 0.5) is 0 Å². The van der Waals surface area contributed by atoms with Gasteiger partial charge in [-0.25, -0.2) is 4.98 Å². The van der Waals surface area contributed by atoms with Crippen molar-refractivity contribution in [3.05, 3.63) is 42.1 Å². The zero-order valence-corrected chi connectivity index (χ0v) is 13.8. The first-order chi connectivity index (χ1) is 11.7. The first kappa shape index (κ1) is 16.4. The average Bonchev–Trinajstić information content (AvgIpc) is 2.65. The summed E-state index contributed by atoms with van der Waals surface area (Å²) in [5.41, 5.74) is 5.99. The predicted octanol–water partition coefficient (Wildman–Crippen LogP) is 3.36. The fourth-order valence-corrected chi connectivity index (χ4v) is 3.26. The quantitative estimate of drug-likeness (QED) is 0.847. The number of benzene rings is 1. The molecule has 3 rings (SSSR count). The SMILES string of the molecule is O=C(CCC1CCCCC1)NNC(=O)c1ccc2ccccc2n1. The number of para-hydroxylation sites is 1. The molecule has 24 heavy (non-hydrogen) atoms. The number of hydrogen-bond donors (Lipinski definition) is 2. The zero-order chi connectivity index (χ0) is 16.8. The number of nitrogens with zero attached hydrogens (tertiary/aromatic N) is 1. The van der Waals surface area contributed by atoms with E-state index >= 15 is 0 Å². The highest BCUT2D eigenvalue weighted by molar-refractivity contribution is 5.95. The van der Waals surface area contributed by atoms with Gasteiger partial charge in [-0.1, -0.05) is 56.4 Å². The van der Waals surface area contributed by atoms with Crippen LogP contribution in [0.5, 0.6) is 0 Å². The Kier molecular flexibility index (Phi) is 5.41. The molecule has 1 aliphatic carbocycles. The number of hydrazine groups is 1. The summed E-state index contributed by atoms with van der Waals surface area (Å²) in [5.74, 6) is 0.115. The van der Waals surface area contributed by atoms with Crippen LogP contribution in [0.15, 0.2) is 36.4 Å². The lowest BCUT2D eigenvalue weighted by Crippen LogP contribution is -2.42. The van der Waals surface area contributed by atoms with Crippen LogP contribution in [-0.2, 0) is 4.79 Å². The Hall–Kier alpha value is -2.43. The van der Waals surface area contributed by atoms with Gasteiger partial charge in [-0.15, -0.1) is 0 Å². The number of rotatable bonds is 4. The van der Waals surface area contributed by atoms with Crippen LogP contribution in [0, 0.1) is 5.92 Å². The lowest BCUT2D eigenvalue weighted by molar-refractivity contribution is -0.122. The van der Waals surface area contributed by atoms with Crippen molar-refractivity contribution < 1.29 is 9.59 Å². The number of pyridine rings is 1. The van der Waals surface area contributed by atoms with Crippen LogP contribution >= 0.6 is 0 Å². The molecule has 2 N–H and O–H groups in total. The van der Waals surface area contributed by atoms with Crippen LogP contribution < -0.4 is 10.9 Å². The second kappa shape index (κ2) is 7.90. The van der Waals surface area contributed by atoms with Gasteiger partial charge < -0.3 is 0 Å². The van der Waals surface area contributed by atoms with Gasteiger partial charge in [-0.05, 0) is 24.5 Å². The van der Waals surface area contributed by atoms with Crippen molar-refractivity contribution in [2.24, 2.45) is 5.92 Å². The van der Waals surface area contributed by atoms with Crippen LogP contribution in [0.1, 0.15) is 55.4 Å². The summed E-state index contributed by atoms with van der Waals surface area (Å²) < 4.78 is 0. The van der Waals surface area contributed by atoms with Gasteiger partial charge in [0.25, 0.3) is 5.91 Å². The Morgan fingerprint density at radius 1 is 1.00 bits per heavy atom. The highest BCUT2D eigenvalue weighted by Gasteiger charge is 2.15. The molecule has 0 saturated heterocycles. The van der Waals surface area contributed by atoms with Gasteiger partial charge in [-0.3, -0.25) is 20.4 Å². The van der Waals surface area contributed by atoms with Crippen molar-refractivity contribution in [1.29, 1.82) is 0 Å². The van der Waals surface area contributed by atoms with E-state index in [1.165, 1.54) is 32.1 Å². The molecule has 1 aromatic carbocycles. The third-order valence-electron chi connectivity index (χ3n) is 4.65. The van der Waals surface area contributed by atoms with E-state index in [0.29, 0.717) is 18.0 Å². The second-order valence-electron chi connectivity index (χ2n) is 6.43. The van der Waals surface area contributed by atoms with E-state index in [1.54, 1.807) is 6.07 Å². The molecule has 2 amide bonds. The maximum Gasteiger partial charge on any atom is 0.288 e. The molecule has 0 aliphatic heterocycles. The van der Waals surface area contributed by atoms with Crippen molar-refractivity contribution in [1.82, 2.24) is 15.8 Å². The summed E-state index contributed by atoms with van der Waals surface area (Å²) in [5, 5.41) is 0.977. The van der Waals surface area contributed by atoms with E-state index < -0.39 is 5.91 Å². The van der Waals surface area contributed by atoms with Gasteiger partial charge >= 0.3 is 0 Å². The highest BCUT2D eigenvalue weighted by atomic mass is 16.2. The number of carbonyl (C=O) groups excluding carboxylic acids is 2. The molecule has 0 unspecified atom stereocenters. The van der Waals surface area contributed by atoms with Gasteiger partial charge in [0, 0.05) is 11.8 Å². The van der Waals surface area contributed by atoms with Crippen LogP contribution in [0.25, 0.3) is 10.9 Å². The number of aromatic nitrogens is 1. The maximum absolute atomic E-state index is 12.1. The van der Waals surface area contributed by atoms with E-state index in [1.807, 2.05) is 30.3 Å². The topological polar surface area (TPSA) is 71.1 Å². The molecule has 1 aromatic heterocycles. The fourth-order valence-electron chi connectivity index (χ4n) is 3.26. The molecule has 0 bridgehead atoms. The predicted molar refractivity (Wildman–Crippen MR) is 93.2 cm³/mol. The Balaban J connectivity index is 1.47. The molecule has 5 nitrogen and oxygen atoms in total. The summed E-state index contributed by atoms with van der Waals surface area (Å²) in [4.78, 5) is 28.3. The zero-order valence-electron chi connectivity index (χ0n) is 13.8. The molecule has 5 heteroatoms. The van der Waals surface area contributed by atoms with Crippen molar-refractivity contribution in [3.8, 4) is 0 Å². The molecule has 126 valence electrons. The Morgan fingerprint density at radius 3 is 2.62 bits per heavy atom. The molecular weight excluding hydrogens is 302 g/mol. The Labute approximate surface area is 141 Å². The number of amides is 2. The lowest BCUT2D eigenvalue weighted by atomic mass is 9.86. The minimum Gasteiger partial charge on any atom is -0.273 e. The molecular formula is C19H23N3O2. The Bertz CT molecular complexity index is 723. The lowest BCUT2D eigenvalue weighted by Gasteiger charge is -2.20. The second-order valence-corrected chi connectivity index (χ2v) is 6.43. The Morgan fingerprint density at radius 2 is 1.79 bits per heavy atom. The molecule has 1 saturated carbocycles. The molecule has 0 spiro atoms. The first-order valence-corrected chi connectivity index (χ1v) is 8.67. The van der Waals surface area contributed by atoms with E-state index in [-0.39, 0.29) is 5.91 Å². The molecule has 2 aromatic rings. The minimum absolute atomic E-state index is 0.144. The van der Waals surface area contributed by atoms with Crippen molar-refractivity contribution in [3.63, 3.8) is 0 Å². The van der Waals surface area contributed by atoms with Gasteiger partial charge in [0.05, 0.1) is 5.52 Å². The number of hydrogen-bond acceptors (Lipinski definition) is 3. The van der Waals surface area contributed by atoms with Crippen LogP contribution in [0.2, 0.25) is 0 Å².